The third kappa shape index (κ3) is 3.65. The van der Waals surface area contributed by atoms with E-state index in [1.165, 1.54) is 6.92 Å². The number of benzene rings is 1. The largest absolute Gasteiger partial charge is 0.368 e. The number of ketones is 1. The van der Waals surface area contributed by atoms with E-state index >= 15 is 0 Å². The van der Waals surface area contributed by atoms with Gasteiger partial charge >= 0.3 is 0 Å². The van der Waals surface area contributed by atoms with Gasteiger partial charge in [-0.2, -0.15) is 0 Å². The summed E-state index contributed by atoms with van der Waals surface area (Å²) in [5, 5.41) is 0. The van der Waals surface area contributed by atoms with Gasteiger partial charge in [-0.25, -0.2) is 0 Å². The van der Waals surface area contributed by atoms with E-state index in [1.54, 1.807) is 12.1 Å². The first kappa shape index (κ1) is 19.7. The molecule has 148 valence electrons. The van der Waals surface area contributed by atoms with E-state index in [4.69, 9.17) is 5.73 Å². The van der Waals surface area contributed by atoms with E-state index < -0.39 is 5.91 Å². The molecular formula is C21H26N4O3. The summed E-state index contributed by atoms with van der Waals surface area (Å²) in [4.78, 5) is 43.3. The highest BCUT2D eigenvalue weighted by molar-refractivity contribution is 6.02. The Kier molecular flexibility index (Phi) is 5.53. The normalized spacial score (nSPS) is 14.2. The molecule has 0 unspecified atom stereocenters. The van der Waals surface area contributed by atoms with Crippen molar-refractivity contribution in [1.82, 2.24) is 9.88 Å². The van der Waals surface area contributed by atoms with Crippen LogP contribution in [0.1, 0.15) is 56.3 Å². The topological polar surface area (TPSA) is 99.5 Å². The first-order chi connectivity index (χ1) is 13.3. The minimum atomic E-state index is -0.445. The van der Waals surface area contributed by atoms with E-state index in [9.17, 15) is 14.4 Å². The predicted molar refractivity (Wildman–Crippen MR) is 108 cm³/mol. The second-order valence-electron chi connectivity index (χ2n) is 7.08. The highest BCUT2D eigenvalue weighted by Crippen LogP contribution is 2.23. The summed E-state index contributed by atoms with van der Waals surface area (Å²) in [6, 6.07) is 7.18. The number of aromatic nitrogens is 1. The van der Waals surface area contributed by atoms with Gasteiger partial charge in [-0.15, -0.1) is 0 Å². The van der Waals surface area contributed by atoms with Gasteiger partial charge in [0, 0.05) is 48.7 Å². The Balaban J connectivity index is 1.71. The molecule has 1 fully saturated rings. The lowest BCUT2D eigenvalue weighted by Crippen LogP contribution is -2.49. The number of carbonyl (C=O) groups excluding carboxylic acids is 3. The van der Waals surface area contributed by atoms with Crippen LogP contribution in [0, 0.1) is 6.92 Å². The number of aryl methyl sites for hydroxylation is 1. The fraction of sp³-hybridized carbons (Fsp3) is 0.381. The van der Waals surface area contributed by atoms with Crippen LogP contribution < -0.4 is 10.6 Å². The van der Waals surface area contributed by atoms with Crippen LogP contribution in [-0.2, 0) is 6.42 Å². The third-order valence-electron chi connectivity index (χ3n) is 5.29. The third-order valence-corrected chi connectivity index (χ3v) is 5.29. The van der Waals surface area contributed by atoms with Crippen molar-refractivity contribution in [2.24, 2.45) is 5.73 Å². The fourth-order valence-electron chi connectivity index (χ4n) is 3.85. The minimum Gasteiger partial charge on any atom is -0.368 e. The number of nitrogens with zero attached hydrogens (tertiary/aromatic N) is 2. The Morgan fingerprint density at radius 2 is 1.68 bits per heavy atom. The Bertz CT molecular complexity index is 906. The zero-order valence-corrected chi connectivity index (χ0v) is 16.5. The van der Waals surface area contributed by atoms with Crippen molar-refractivity contribution >= 4 is 23.3 Å². The number of rotatable bonds is 5. The molecule has 1 aliphatic rings. The maximum absolute atomic E-state index is 13.0. The summed E-state index contributed by atoms with van der Waals surface area (Å²) in [7, 11) is 0. The number of nitrogens with two attached hydrogens (primary N) is 1. The number of carbonyl (C=O) groups is 3. The zero-order valence-electron chi connectivity index (χ0n) is 16.5. The maximum Gasteiger partial charge on any atom is 0.270 e. The molecule has 2 heterocycles. The van der Waals surface area contributed by atoms with Crippen molar-refractivity contribution in [3.63, 3.8) is 0 Å². The lowest BCUT2D eigenvalue weighted by atomic mass is 10.0. The molecule has 7 nitrogen and oxygen atoms in total. The molecule has 0 atom stereocenters. The molecule has 28 heavy (non-hydrogen) atoms. The van der Waals surface area contributed by atoms with Gasteiger partial charge in [-0.05, 0) is 50.1 Å². The van der Waals surface area contributed by atoms with Crippen molar-refractivity contribution in [3.05, 3.63) is 52.3 Å². The molecule has 2 aromatic rings. The average Bonchev–Trinajstić information content (AvgIpc) is 3.04. The molecule has 1 saturated heterocycles. The second-order valence-corrected chi connectivity index (χ2v) is 7.08. The molecule has 0 aliphatic carbocycles. The molecule has 0 saturated carbocycles. The summed E-state index contributed by atoms with van der Waals surface area (Å²) < 4.78 is 0. The number of hydrogen-bond donors (Lipinski definition) is 2. The molecule has 0 radical (unpaired) electrons. The summed E-state index contributed by atoms with van der Waals surface area (Å²) in [6.45, 7) is 7.90. The number of Topliss-reactive ketones (excluding diaryl/α,β-unsaturated/α-hetero) is 1. The van der Waals surface area contributed by atoms with Crippen molar-refractivity contribution in [2.75, 3.05) is 31.1 Å². The molecule has 1 aromatic heterocycles. The van der Waals surface area contributed by atoms with Gasteiger partial charge in [0.15, 0.2) is 5.78 Å². The first-order valence-corrected chi connectivity index (χ1v) is 9.50. The molecule has 1 aromatic carbocycles. The van der Waals surface area contributed by atoms with Crippen LogP contribution in [0.2, 0.25) is 0 Å². The maximum atomic E-state index is 13.0. The average molecular weight is 382 g/mol. The van der Waals surface area contributed by atoms with Crippen LogP contribution in [0.15, 0.2) is 24.3 Å². The van der Waals surface area contributed by atoms with Crippen LogP contribution in [0.5, 0.6) is 0 Å². The number of primary amides is 1. The summed E-state index contributed by atoms with van der Waals surface area (Å²) in [5.74, 6) is -0.523. The Labute approximate surface area is 164 Å². The lowest BCUT2D eigenvalue weighted by Gasteiger charge is -2.36. The molecule has 3 rings (SSSR count). The van der Waals surface area contributed by atoms with Gasteiger partial charge < -0.3 is 20.5 Å². The van der Waals surface area contributed by atoms with Gasteiger partial charge in [0.2, 0.25) is 5.91 Å². The zero-order chi connectivity index (χ0) is 20.4. The van der Waals surface area contributed by atoms with Gasteiger partial charge in [-0.3, -0.25) is 14.4 Å². The van der Waals surface area contributed by atoms with Gasteiger partial charge in [-0.1, -0.05) is 6.92 Å². The number of amides is 2. The van der Waals surface area contributed by atoms with Crippen LogP contribution in [0.25, 0.3) is 0 Å². The molecule has 1 aliphatic heterocycles. The number of anilines is 1. The number of H-pyrrole nitrogens is 1. The number of aromatic amines is 1. The Morgan fingerprint density at radius 3 is 2.18 bits per heavy atom. The molecule has 7 heteroatoms. The number of hydrogen-bond acceptors (Lipinski definition) is 4. The Morgan fingerprint density at radius 1 is 1.07 bits per heavy atom. The highest BCUT2D eigenvalue weighted by Gasteiger charge is 2.27. The summed E-state index contributed by atoms with van der Waals surface area (Å²) >= 11 is 0. The van der Waals surface area contributed by atoms with E-state index in [-0.39, 0.29) is 11.7 Å². The minimum absolute atomic E-state index is 0.0196. The van der Waals surface area contributed by atoms with Crippen LogP contribution in [0.4, 0.5) is 5.69 Å². The molecular weight excluding hydrogens is 356 g/mol. The highest BCUT2D eigenvalue weighted by atomic mass is 16.2. The van der Waals surface area contributed by atoms with Gasteiger partial charge in [0.05, 0.1) is 0 Å². The fourth-order valence-corrected chi connectivity index (χ4v) is 3.85. The predicted octanol–water partition coefficient (Wildman–Crippen LogP) is 2.15. The summed E-state index contributed by atoms with van der Waals surface area (Å²) in [6.07, 6.45) is 0.631. The second kappa shape index (κ2) is 7.88. The molecule has 0 spiro atoms. The number of piperazine rings is 1. The van der Waals surface area contributed by atoms with Crippen LogP contribution in [0.3, 0.4) is 0 Å². The molecule has 2 amide bonds. The van der Waals surface area contributed by atoms with E-state index in [1.807, 2.05) is 30.9 Å². The first-order valence-electron chi connectivity index (χ1n) is 9.50. The van der Waals surface area contributed by atoms with E-state index in [0.717, 1.165) is 16.9 Å². The van der Waals surface area contributed by atoms with Crippen molar-refractivity contribution in [2.45, 2.75) is 27.2 Å². The van der Waals surface area contributed by atoms with E-state index in [0.29, 0.717) is 49.4 Å². The van der Waals surface area contributed by atoms with Gasteiger partial charge in [0.1, 0.15) is 5.69 Å². The molecule has 0 bridgehead atoms. The van der Waals surface area contributed by atoms with Crippen LogP contribution >= 0.6 is 0 Å². The number of nitrogens with one attached hydrogen (secondary N) is 1. The lowest BCUT2D eigenvalue weighted by molar-refractivity contribution is 0.0740. The van der Waals surface area contributed by atoms with Crippen LogP contribution in [-0.4, -0.2) is 53.7 Å². The van der Waals surface area contributed by atoms with Gasteiger partial charge in [0.25, 0.3) is 5.91 Å². The van der Waals surface area contributed by atoms with Crippen molar-refractivity contribution in [1.29, 1.82) is 0 Å². The van der Waals surface area contributed by atoms with E-state index in [2.05, 4.69) is 9.88 Å². The van der Waals surface area contributed by atoms with Crippen molar-refractivity contribution in [3.8, 4) is 0 Å². The quantitative estimate of drug-likeness (QED) is 0.774. The van der Waals surface area contributed by atoms with Crippen molar-refractivity contribution < 1.29 is 14.4 Å². The summed E-state index contributed by atoms with van der Waals surface area (Å²) in [5.41, 5.74) is 9.49. The Hall–Kier alpha value is -3.09. The molecule has 3 N–H and O–H groups in total. The SMILES string of the molecule is CCc1c(C(=O)N2CCN(c3ccc(C(N)=O)cc3)CC2)[nH]c(C)c1C(C)=O. The smallest absolute Gasteiger partial charge is 0.270 e. The monoisotopic (exact) mass is 382 g/mol. The standard InChI is InChI=1S/C21H26N4O3/c1-4-17-18(14(3)26)13(2)23-19(17)21(28)25-11-9-24(10-12-25)16-7-5-15(6-8-16)20(22)27/h5-8,23H,4,9-12H2,1-3H3,(H2,22,27).